The first-order chi connectivity index (χ1) is 9.66. The van der Waals surface area contributed by atoms with E-state index in [1.165, 1.54) is 0 Å². The van der Waals surface area contributed by atoms with Crippen LogP contribution in [0.4, 0.5) is 5.82 Å². The van der Waals surface area contributed by atoms with E-state index in [-0.39, 0.29) is 18.3 Å². The van der Waals surface area contributed by atoms with Crippen molar-refractivity contribution in [2.45, 2.75) is 13.0 Å². The SMILES string of the molecule is CC(N)C(=O)N1CCN(c2ncnc3sccc23)CC1.Cl. The molecule has 0 aromatic carbocycles. The minimum absolute atomic E-state index is 0. The summed E-state index contributed by atoms with van der Waals surface area (Å²) < 4.78 is 0. The highest BCUT2D eigenvalue weighted by Crippen LogP contribution is 2.27. The molecule has 1 unspecified atom stereocenters. The third kappa shape index (κ3) is 3.09. The van der Waals surface area contributed by atoms with Crippen molar-refractivity contribution in [1.29, 1.82) is 0 Å². The van der Waals surface area contributed by atoms with E-state index in [1.54, 1.807) is 24.6 Å². The Balaban J connectivity index is 0.00000161. The maximum atomic E-state index is 11.9. The molecular formula is C13H18ClN5OS. The number of carbonyl (C=O) groups excluding carboxylic acids is 1. The van der Waals surface area contributed by atoms with Gasteiger partial charge >= 0.3 is 0 Å². The maximum Gasteiger partial charge on any atom is 0.239 e. The van der Waals surface area contributed by atoms with E-state index in [0.717, 1.165) is 29.1 Å². The molecule has 21 heavy (non-hydrogen) atoms. The molecule has 1 aliphatic rings. The Kier molecular flexibility index (Phi) is 4.97. The second kappa shape index (κ2) is 6.55. The number of hydrogen-bond acceptors (Lipinski definition) is 6. The van der Waals surface area contributed by atoms with E-state index in [2.05, 4.69) is 20.9 Å². The summed E-state index contributed by atoms with van der Waals surface area (Å²) >= 11 is 1.62. The monoisotopic (exact) mass is 327 g/mol. The summed E-state index contributed by atoms with van der Waals surface area (Å²) in [7, 11) is 0. The Morgan fingerprint density at radius 2 is 2.05 bits per heavy atom. The van der Waals surface area contributed by atoms with E-state index < -0.39 is 6.04 Å². The van der Waals surface area contributed by atoms with Crippen molar-refractivity contribution < 1.29 is 4.79 Å². The van der Waals surface area contributed by atoms with Crippen molar-refractivity contribution in [1.82, 2.24) is 14.9 Å². The Hall–Kier alpha value is -1.44. The van der Waals surface area contributed by atoms with Crippen LogP contribution in [0.5, 0.6) is 0 Å². The number of nitrogens with zero attached hydrogens (tertiary/aromatic N) is 4. The van der Waals surface area contributed by atoms with Gasteiger partial charge in [0.15, 0.2) is 0 Å². The van der Waals surface area contributed by atoms with Gasteiger partial charge in [-0.05, 0) is 18.4 Å². The van der Waals surface area contributed by atoms with Crippen LogP contribution in [0.1, 0.15) is 6.92 Å². The van der Waals surface area contributed by atoms with Gasteiger partial charge in [0.25, 0.3) is 0 Å². The normalized spacial score (nSPS) is 16.7. The highest BCUT2D eigenvalue weighted by Gasteiger charge is 2.24. The molecule has 1 fully saturated rings. The minimum Gasteiger partial charge on any atom is -0.352 e. The van der Waals surface area contributed by atoms with Gasteiger partial charge in [0.2, 0.25) is 5.91 Å². The summed E-state index contributed by atoms with van der Waals surface area (Å²) in [5.41, 5.74) is 5.65. The van der Waals surface area contributed by atoms with Crippen LogP contribution >= 0.6 is 23.7 Å². The molecule has 0 bridgehead atoms. The summed E-state index contributed by atoms with van der Waals surface area (Å²) in [6, 6.07) is 1.62. The van der Waals surface area contributed by atoms with Crippen LogP contribution in [0.15, 0.2) is 17.8 Å². The third-order valence-electron chi connectivity index (χ3n) is 3.52. The smallest absolute Gasteiger partial charge is 0.239 e. The molecule has 1 atom stereocenters. The number of carbonyl (C=O) groups is 1. The second-order valence-corrected chi connectivity index (χ2v) is 5.83. The third-order valence-corrected chi connectivity index (χ3v) is 4.34. The molecule has 1 aliphatic heterocycles. The average Bonchev–Trinajstić information content (AvgIpc) is 2.95. The molecule has 2 aromatic heterocycles. The minimum atomic E-state index is -0.427. The van der Waals surface area contributed by atoms with Crippen LogP contribution in [0.25, 0.3) is 10.2 Å². The van der Waals surface area contributed by atoms with E-state index in [4.69, 9.17) is 5.73 Å². The standard InChI is InChI=1S/C13H17N5OS.ClH/c1-9(14)13(19)18-5-3-17(4-6-18)11-10-2-7-20-12(10)16-8-15-11;/h2,7-9H,3-6,14H2,1H3;1H. The zero-order valence-corrected chi connectivity index (χ0v) is 13.4. The molecule has 6 nitrogen and oxygen atoms in total. The predicted molar refractivity (Wildman–Crippen MR) is 87.1 cm³/mol. The van der Waals surface area contributed by atoms with Gasteiger partial charge in [-0.25, -0.2) is 9.97 Å². The number of nitrogens with two attached hydrogens (primary N) is 1. The van der Waals surface area contributed by atoms with E-state index in [9.17, 15) is 4.79 Å². The van der Waals surface area contributed by atoms with E-state index in [1.807, 2.05) is 10.3 Å². The molecule has 2 aromatic rings. The average molecular weight is 328 g/mol. The molecule has 2 N–H and O–H groups in total. The van der Waals surface area contributed by atoms with Crippen molar-refractivity contribution in [2.24, 2.45) is 5.73 Å². The lowest BCUT2D eigenvalue weighted by Crippen LogP contribution is -2.52. The summed E-state index contributed by atoms with van der Waals surface area (Å²) in [5.74, 6) is 0.983. The van der Waals surface area contributed by atoms with Gasteiger partial charge < -0.3 is 15.5 Å². The quantitative estimate of drug-likeness (QED) is 0.894. The Morgan fingerprint density at radius 3 is 2.71 bits per heavy atom. The summed E-state index contributed by atoms with van der Waals surface area (Å²) in [5, 5.41) is 3.11. The number of anilines is 1. The van der Waals surface area contributed by atoms with Gasteiger partial charge in [-0.1, -0.05) is 0 Å². The number of fused-ring (bicyclic) bond motifs is 1. The molecule has 8 heteroatoms. The summed E-state index contributed by atoms with van der Waals surface area (Å²) in [4.78, 5) is 25.6. The second-order valence-electron chi connectivity index (χ2n) is 4.94. The number of rotatable bonds is 2. The maximum absolute atomic E-state index is 11.9. The topological polar surface area (TPSA) is 75.4 Å². The first-order valence-electron chi connectivity index (χ1n) is 6.64. The van der Waals surface area contributed by atoms with Crippen LogP contribution < -0.4 is 10.6 Å². The molecule has 1 saturated heterocycles. The lowest BCUT2D eigenvalue weighted by Gasteiger charge is -2.36. The van der Waals surface area contributed by atoms with Crippen LogP contribution in [-0.4, -0.2) is 53.0 Å². The fourth-order valence-corrected chi connectivity index (χ4v) is 3.18. The van der Waals surface area contributed by atoms with Crippen molar-refractivity contribution in [2.75, 3.05) is 31.1 Å². The number of piperazine rings is 1. The number of aromatic nitrogens is 2. The van der Waals surface area contributed by atoms with Gasteiger partial charge in [-0.15, -0.1) is 23.7 Å². The molecule has 1 amide bonds. The lowest BCUT2D eigenvalue weighted by molar-refractivity contribution is -0.132. The van der Waals surface area contributed by atoms with Crippen LogP contribution in [0.3, 0.4) is 0 Å². The van der Waals surface area contributed by atoms with Crippen LogP contribution in [0.2, 0.25) is 0 Å². The molecule has 0 aliphatic carbocycles. The van der Waals surface area contributed by atoms with Crippen molar-refractivity contribution in [3.8, 4) is 0 Å². The summed E-state index contributed by atoms with van der Waals surface area (Å²) in [6.45, 7) is 4.67. The van der Waals surface area contributed by atoms with Crippen molar-refractivity contribution in [3.63, 3.8) is 0 Å². The number of halogens is 1. The molecular weight excluding hydrogens is 310 g/mol. The number of hydrogen-bond donors (Lipinski definition) is 1. The van der Waals surface area contributed by atoms with Gasteiger partial charge in [-0.3, -0.25) is 4.79 Å². The highest BCUT2D eigenvalue weighted by atomic mass is 35.5. The zero-order valence-electron chi connectivity index (χ0n) is 11.7. The lowest BCUT2D eigenvalue weighted by atomic mass is 10.2. The van der Waals surface area contributed by atoms with Gasteiger partial charge in [0.05, 0.1) is 11.4 Å². The Bertz CT molecular complexity index is 624. The van der Waals surface area contributed by atoms with E-state index >= 15 is 0 Å². The first kappa shape index (κ1) is 15.9. The van der Waals surface area contributed by atoms with Crippen LogP contribution in [-0.2, 0) is 4.79 Å². The predicted octanol–water partition coefficient (Wildman–Crippen LogP) is 1.11. The molecule has 3 rings (SSSR count). The summed E-state index contributed by atoms with van der Waals surface area (Å²) in [6.07, 6.45) is 1.60. The first-order valence-corrected chi connectivity index (χ1v) is 7.52. The number of amides is 1. The van der Waals surface area contributed by atoms with Gasteiger partial charge in [-0.2, -0.15) is 0 Å². The number of thiophene rings is 1. The Morgan fingerprint density at radius 1 is 1.33 bits per heavy atom. The van der Waals surface area contributed by atoms with Crippen molar-refractivity contribution >= 4 is 45.7 Å². The molecule has 0 saturated carbocycles. The molecule has 0 spiro atoms. The van der Waals surface area contributed by atoms with Gasteiger partial charge in [0.1, 0.15) is 17.0 Å². The molecule has 3 heterocycles. The molecule has 114 valence electrons. The fraction of sp³-hybridized carbons (Fsp3) is 0.462. The molecule has 0 radical (unpaired) electrons. The fourth-order valence-electron chi connectivity index (χ4n) is 2.46. The zero-order chi connectivity index (χ0) is 14.1. The largest absolute Gasteiger partial charge is 0.352 e. The van der Waals surface area contributed by atoms with E-state index in [0.29, 0.717) is 13.1 Å². The van der Waals surface area contributed by atoms with Crippen molar-refractivity contribution in [3.05, 3.63) is 17.8 Å². The highest BCUT2D eigenvalue weighted by molar-refractivity contribution is 7.16. The van der Waals surface area contributed by atoms with Gasteiger partial charge in [0, 0.05) is 26.2 Å². The Labute approximate surface area is 133 Å². The van der Waals surface area contributed by atoms with Crippen LogP contribution in [0, 0.1) is 0 Å².